The van der Waals surface area contributed by atoms with E-state index in [1.807, 2.05) is 51.1 Å². The second kappa shape index (κ2) is 8.08. The van der Waals surface area contributed by atoms with Gasteiger partial charge in [-0.15, -0.1) is 0 Å². The van der Waals surface area contributed by atoms with E-state index < -0.39 is 0 Å². The highest BCUT2D eigenvalue weighted by molar-refractivity contribution is 5.66. The van der Waals surface area contributed by atoms with Gasteiger partial charge in [-0.3, -0.25) is 0 Å². The molecule has 0 aliphatic rings. The van der Waals surface area contributed by atoms with E-state index in [1.165, 1.54) is 11.1 Å². The lowest BCUT2D eigenvalue weighted by Gasteiger charge is -2.14. The fraction of sp³-hybridized carbons (Fsp3) is 0.273. The predicted molar refractivity (Wildman–Crippen MR) is 111 cm³/mol. The van der Waals surface area contributed by atoms with Crippen LogP contribution in [0.4, 0.5) is 23.1 Å². The van der Waals surface area contributed by atoms with E-state index in [0.29, 0.717) is 5.95 Å². The Morgan fingerprint density at radius 2 is 1.52 bits per heavy atom. The van der Waals surface area contributed by atoms with Crippen molar-refractivity contribution in [1.29, 1.82) is 0 Å². The Morgan fingerprint density at radius 3 is 2.15 bits per heavy atom. The fourth-order valence-electron chi connectivity index (χ4n) is 2.85. The Hall–Kier alpha value is -3.08. The minimum absolute atomic E-state index is 0.155. The average molecular weight is 362 g/mol. The van der Waals surface area contributed by atoms with Gasteiger partial charge >= 0.3 is 0 Å². The van der Waals surface area contributed by atoms with Crippen LogP contribution in [0.25, 0.3) is 0 Å². The van der Waals surface area contributed by atoms with Crippen LogP contribution in [0.3, 0.4) is 0 Å². The molecule has 0 spiro atoms. The first-order valence-corrected chi connectivity index (χ1v) is 9.13. The molecule has 27 heavy (non-hydrogen) atoms. The summed E-state index contributed by atoms with van der Waals surface area (Å²) in [7, 11) is 0. The fourth-order valence-corrected chi connectivity index (χ4v) is 2.85. The van der Waals surface area contributed by atoms with Crippen LogP contribution < -0.4 is 15.4 Å². The molecule has 2 aromatic carbocycles. The first-order valence-electron chi connectivity index (χ1n) is 9.13. The Kier molecular flexibility index (Phi) is 5.60. The van der Waals surface area contributed by atoms with Crippen molar-refractivity contribution in [3.8, 4) is 5.75 Å². The molecule has 0 bridgehead atoms. The van der Waals surface area contributed by atoms with Crippen LogP contribution in [0.2, 0.25) is 0 Å². The van der Waals surface area contributed by atoms with E-state index >= 15 is 0 Å². The van der Waals surface area contributed by atoms with Crippen LogP contribution in [-0.4, -0.2) is 16.1 Å². The van der Waals surface area contributed by atoms with Crippen molar-refractivity contribution in [2.45, 2.75) is 40.7 Å². The van der Waals surface area contributed by atoms with Crippen molar-refractivity contribution < 1.29 is 4.74 Å². The standard InChI is InChI=1S/C22H26N4O/c1-14(2)27-19-11-9-18(10-12-19)24-22-23-17(5)13-20(26-22)25-21-15(3)7-6-8-16(21)4/h6-14H,1-5H3,(H2,23,24,25,26). The van der Waals surface area contributed by atoms with Crippen LogP contribution in [0.5, 0.6) is 5.75 Å². The molecular weight excluding hydrogens is 336 g/mol. The zero-order chi connectivity index (χ0) is 19.4. The number of para-hydroxylation sites is 1. The van der Waals surface area contributed by atoms with E-state index in [9.17, 15) is 0 Å². The quantitative estimate of drug-likeness (QED) is 0.591. The number of benzene rings is 2. The summed E-state index contributed by atoms with van der Waals surface area (Å²) in [5, 5.41) is 6.69. The van der Waals surface area contributed by atoms with Gasteiger partial charge in [0.25, 0.3) is 0 Å². The highest BCUT2D eigenvalue weighted by Gasteiger charge is 2.07. The summed E-state index contributed by atoms with van der Waals surface area (Å²) in [5.74, 6) is 2.17. The van der Waals surface area contributed by atoms with Crippen LogP contribution in [-0.2, 0) is 0 Å². The van der Waals surface area contributed by atoms with Crippen molar-refractivity contribution in [3.05, 3.63) is 65.4 Å². The summed E-state index contributed by atoms with van der Waals surface area (Å²) in [6.45, 7) is 10.2. The lowest BCUT2D eigenvalue weighted by atomic mass is 10.1. The minimum atomic E-state index is 0.155. The summed E-state index contributed by atoms with van der Waals surface area (Å²) in [6, 6.07) is 16.0. The number of hydrogen-bond acceptors (Lipinski definition) is 5. The van der Waals surface area contributed by atoms with Crippen LogP contribution in [0.1, 0.15) is 30.7 Å². The average Bonchev–Trinajstić information content (AvgIpc) is 2.59. The lowest BCUT2D eigenvalue weighted by Crippen LogP contribution is -2.06. The summed E-state index contributed by atoms with van der Waals surface area (Å²) in [5.41, 5.74) is 5.25. The molecule has 1 heterocycles. The van der Waals surface area contributed by atoms with Crippen molar-refractivity contribution in [3.63, 3.8) is 0 Å². The topological polar surface area (TPSA) is 59.1 Å². The second-order valence-corrected chi connectivity index (χ2v) is 6.93. The molecule has 0 radical (unpaired) electrons. The molecule has 0 aliphatic carbocycles. The maximum atomic E-state index is 5.68. The summed E-state index contributed by atoms with van der Waals surface area (Å²) < 4.78 is 5.68. The Morgan fingerprint density at radius 1 is 0.852 bits per heavy atom. The van der Waals surface area contributed by atoms with Crippen LogP contribution in [0, 0.1) is 20.8 Å². The SMILES string of the molecule is Cc1cc(Nc2c(C)cccc2C)nc(Nc2ccc(OC(C)C)cc2)n1. The largest absolute Gasteiger partial charge is 0.491 e. The summed E-state index contributed by atoms with van der Waals surface area (Å²) in [6.07, 6.45) is 0.155. The van der Waals surface area contributed by atoms with E-state index in [1.54, 1.807) is 0 Å². The first kappa shape index (κ1) is 18.7. The van der Waals surface area contributed by atoms with Gasteiger partial charge in [0.1, 0.15) is 11.6 Å². The Balaban J connectivity index is 1.79. The molecule has 5 nitrogen and oxygen atoms in total. The molecular formula is C22H26N4O. The molecule has 2 N–H and O–H groups in total. The van der Waals surface area contributed by atoms with E-state index in [2.05, 4.69) is 52.6 Å². The Bertz CT molecular complexity index is 900. The number of ether oxygens (including phenoxy) is 1. The van der Waals surface area contributed by atoms with Crippen LogP contribution >= 0.6 is 0 Å². The van der Waals surface area contributed by atoms with E-state index in [4.69, 9.17) is 4.74 Å². The highest BCUT2D eigenvalue weighted by Crippen LogP contribution is 2.25. The van der Waals surface area contributed by atoms with Gasteiger partial charge in [0.15, 0.2) is 0 Å². The molecule has 0 fully saturated rings. The first-order chi connectivity index (χ1) is 12.9. The third kappa shape index (κ3) is 4.97. The van der Waals surface area contributed by atoms with Crippen LogP contribution in [0.15, 0.2) is 48.5 Å². The second-order valence-electron chi connectivity index (χ2n) is 6.93. The molecule has 0 aliphatic heterocycles. The Labute approximate surface area is 160 Å². The zero-order valence-electron chi connectivity index (χ0n) is 16.5. The number of nitrogens with one attached hydrogen (secondary N) is 2. The third-order valence-electron chi connectivity index (χ3n) is 4.07. The van der Waals surface area contributed by atoms with Crippen molar-refractivity contribution in [2.75, 3.05) is 10.6 Å². The van der Waals surface area contributed by atoms with Gasteiger partial charge in [-0.2, -0.15) is 4.98 Å². The van der Waals surface area contributed by atoms with Crippen molar-refractivity contribution in [1.82, 2.24) is 9.97 Å². The number of hydrogen-bond donors (Lipinski definition) is 2. The van der Waals surface area contributed by atoms with Gasteiger partial charge < -0.3 is 15.4 Å². The lowest BCUT2D eigenvalue weighted by molar-refractivity contribution is 0.242. The molecule has 3 rings (SSSR count). The number of anilines is 4. The normalized spacial score (nSPS) is 10.7. The number of nitrogens with zero attached hydrogens (tertiary/aromatic N) is 2. The van der Waals surface area contributed by atoms with Crippen molar-refractivity contribution >= 4 is 23.1 Å². The van der Waals surface area contributed by atoms with Gasteiger partial charge in [0, 0.05) is 23.1 Å². The number of aromatic nitrogens is 2. The molecule has 0 atom stereocenters. The predicted octanol–water partition coefficient (Wildman–Crippen LogP) is 5.68. The van der Waals surface area contributed by atoms with E-state index in [0.717, 1.165) is 28.6 Å². The molecule has 3 aromatic rings. The number of aryl methyl sites for hydroxylation is 3. The van der Waals surface area contributed by atoms with Gasteiger partial charge in [-0.25, -0.2) is 4.98 Å². The third-order valence-corrected chi connectivity index (χ3v) is 4.07. The highest BCUT2D eigenvalue weighted by atomic mass is 16.5. The zero-order valence-corrected chi connectivity index (χ0v) is 16.5. The molecule has 1 aromatic heterocycles. The molecule has 140 valence electrons. The van der Waals surface area contributed by atoms with Gasteiger partial charge in [-0.1, -0.05) is 18.2 Å². The molecule has 5 heteroatoms. The molecule has 0 saturated heterocycles. The monoisotopic (exact) mass is 362 g/mol. The van der Waals surface area contributed by atoms with Gasteiger partial charge in [0.05, 0.1) is 6.10 Å². The van der Waals surface area contributed by atoms with Crippen molar-refractivity contribution in [2.24, 2.45) is 0 Å². The maximum absolute atomic E-state index is 5.68. The minimum Gasteiger partial charge on any atom is -0.491 e. The maximum Gasteiger partial charge on any atom is 0.229 e. The van der Waals surface area contributed by atoms with Gasteiger partial charge in [0.2, 0.25) is 5.95 Å². The van der Waals surface area contributed by atoms with Gasteiger partial charge in [-0.05, 0) is 70.0 Å². The summed E-state index contributed by atoms with van der Waals surface area (Å²) in [4.78, 5) is 9.11. The molecule has 0 unspecified atom stereocenters. The summed E-state index contributed by atoms with van der Waals surface area (Å²) >= 11 is 0. The molecule has 0 saturated carbocycles. The number of rotatable bonds is 6. The molecule has 0 amide bonds. The smallest absolute Gasteiger partial charge is 0.229 e. The van der Waals surface area contributed by atoms with E-state index in [-0.39, 0.29) is 6.10 Å².